The van der Waals surface area contributed by atoms with Crippen molar-refractivity contribution in [1.29, 1.82) is 0 Å². The number of rotatable bonds is 2. The molecule has 0 bridgehead atoms. The van der Waals surface area contributed by atoms with E-state index in [-0.39, 0.29) is 11.3 Å². The van der Waals surface area contributed by atoms with Gasteiger partial charge < -0.3 is 15.2 Å². The highest BCUT2D eigenvalue weighted by Gasteiger charge is 2.61. The molecule has 8 heteroatoms. The Morgan fingerprint density at radius 3 is 2.20 bits per heavy atom. The summed E-state index contributed by atoms with van der Waals surface area (Å²) in [7, 11) is 0. The maximum atomic E-state index is 13.2. The summed E-state index contributed by atoms with van der Waals surface area (Å²) in [6.45, 7) is 0.679. The number of ether oxygens (including phenoxy) is 2. The van der Waals surface area contributed by atoms with Gasteiger partial charge in [-0.05, 0) is 17.7 Å². The maximum Gasteiger partial charge on any atom is 0.455 e. The first-order chi connectivity index (χ1) is 9.23. The summed E-state index contributed by atoms with van der Waals surface area (Å²) in [6, 6.07) is 0.921. The molecule has 1 aliphatic rings. The van der Waals surface area contributed by atoms with Crippen molar-refractivity contribution in [1.82, 2.24) is 0 Å². The fourth-order valence-electron chi connectivity index (χ4n) is 1.76. The normalized spacial score (nSPS) is 17.5. The summed E-state index contributed by atoms with van der Waals surface area (Å²) < 4.78 is 73.8. The summed E-state index contributed by atoms with van der Waals surface area (Å²) in [6.07, 6.45) is -5.12. The number of hydrogen-bond donors (Lipinski definition) is 1. The van der Waals surface area contributed by atoms with Gasteiger partial charge in [-0.3, -0.25) is 0 Å². The van der Waals surface area contributed by atoms with Gasteiger partial charge in [0.2, 0.25) is 0 Å². The van der Waals surface area contributed by atoms with Crippen LogP contribution in [0.2, 0.25) is 0 Å². The van der Waals surface area contributed by atoms with Crippen molar-refractivity contribution < 1.29 is 31.4 Å². The number of fused-ring (bicyclic) bond motifs is 1. The van der Waals surface area contributed by atoms with E-state index in [0.717, 1.165) is 12.1 Å². The quantitative estimate of drug-likeness (QED) is 0.853. The lowest BCUT2D eigenvalue weighted by atomic mass is 10.0. The van der Waals surface area contributed by atoms with Gasteiger partial charge in [0.15, 0.2) is 11.5 Å². The predicted molar refractivity (Wildman–Crippen MR) is 60.0 cm³/mol. The number of halogens is 5. The van der Waals surface area contributed by atoms with Gasteiger partial charge in [-0.25, -0.2) is 0 Å². The van der Waals surface area contributed by atoms with E-state index in [2.05, 4.69) is 0 Å². The van der Waals surface area contributed by atoms with Crippen LogP contribution in [0.25, 0.3) is 0 Å². The molecule has 2 rings (SSSR count). The van der Waals surface area contributed by atoms with Gasteiger partial charge in [0.1, 0.15) is 6.04 Å². The molecule has 1 heterocycles. The fraction of sp³-hybridized carbons (Fsp3) is 0.500. The van der Waals surface area contributed by atoms with Crippen LogP contribution >= 0.6 is 0 Å². The minimum atomic E-state index is -5.71. The summed E-state index contributed by atoms with van der Waals surface area (Å²) in [5, 5.41) is 0. The third-order valence-corrected chi connectivity index (χ3v) is 2.90. The Morgan fingerprint density at radius 2 is 1.60 bits per heavy atom. The molecule has 3 nitrogen and oxygen atoms in total. The van der Waals surface area contributed by atoms with Gasteiger partial charge >= 0.3 is 12.1 Å². The Morgan fingerprint density at radius 1 is 1.00 bits per heavy atom. The fourth-order valence-corrected chi connectivity index (χ4v) is 1.76. The third-order valence-electron chi connectivity index (χ3n) is 2.90. The zero-order chi connectivity index (χ0) is 15.0. The van der Waals surface area contributed by atoms with Crippen LogP contribution in [-0.2, 0) is 0 Å². The van der Waals surface area contributed by atoms with Crippen LogP contribution < -0.4 is 15.2 Å². The van der Waals surface area contributed by atoms with Crippen molar-refractivity contribution in [2.45, 2.75) is 24.6 Å². The van der Waals surface area contributed by atoms with Crippen LogP contribution in [0.1, 0.15) is 18.0 Å². The van der Waals surface area contributed by atoms with Gasteiger partial charge in [-0.15, -0.1) is 0 Å². The molecule has 0 spiro atoms. The van der Waals surface area contributed by atoms with Gasteiger partial charge in [0.25, 0.3) is 0 Å². The molecule has 1 atom stereocenters. The Bertz CT molecular complexity index is 489. The largest absolute Gasteiger partial charge is 0.490 e. The van der Waals surface area contributed by atoms with Crippen LogP contribution in [-0.4, -0.2) is 25.3 Å². The highest BCUT2D eigenvalue weighted by molar-refractivity contribution is 5.44. The lowest BCUT2D eigenvalue weighted by Gasteiger charge is -2.26. The molecule has 0 radical (unpaired) electrons. The number of alkyl halides is 5. The molecule has 1 aromatic rings. The Balaban J connectivity index is 2.32. The number of benzene rings is 1. The van der Waals surface area contributed by atoms with Crippen molar-refractivity contribution in [3.8, 4) is 11.5 Å². The molecule has 1 unspecified atom stereocenters. The molecule has 0 saturated carbocycles. The Hall–Kier alpha value is -1.57. The van der Waals surface area contributed by atoms with E-state index in [0.29, 0.717) is 25.4 Å². The lowest BCUT2D eigenvalue weighted by Crippen LogP contribution is -2.45. The summed E-state index contributed by atoms with van der Waals surface area (Å²) >= 11 is 0. The molecule has 112 valence electrons. The van der Waals surface area contributed by atoms with E-state index in [1.807, 2.05) is 0 Å². The first kappa shape index (κ1) is 14.8. The average Bonchev–Trinajstić information content (AvgIpc) is 2.60. The first-order valence-corrected chi connectivity index (χ1v) is 5.83. The summed E-state index contributed by atoms with van der Waals surface area (Å²) in [5.41, 5.74) is 4.70. The molecule has 2 N–H and O–H groups in total. The minimum absolute atomic E-state index is 0.119. The number of hydrogen-bond acceptors (Lipinski definition) is 3. The van der Waals surface area contributed by atoms with E-state index < -0.39 is 18.1 Å². The molecular weight excluding hydrogens is 285 g/mol. The third kappa shape index (κ3) is 2.65. The van der Waals surface area contributed by atoms with Crippen molar-refractivity contribution >= 4 is 0 Å². The van der Waals surface area contributed by atoms with Crippen LogP contribution in [0.5, 0.6) is 11.5 Å². The Labute approximate surface area is 111 Å². The monoisotopic (exact) mass is 297 g/mol. The highest BCUT2D eigenvalue weighted by atomic mass is 19.4. The zero-order valence-electron chi connectivity index (χ0n) is 10.2. The van der Waals surface area contributed by atoms with Crippen molar-refractivity contribution in [2.75, 3.05) is 13.2 Å². The second-order valence-corrected chi connectivity index (χ2v) is 4.36. The molecule has 20 heavy (non-hydrogen) atoms. The van der Waals surface area contributed by atoms with Crippen LogP contribution in [0.3, 0.4) is 0 Å². The van der Waals surface area contributed by atoms with Gasteiger partial charge in [0.05, 0.1) is 13.2 Å². The molecular formula is C12H12F5NO2. The molecule has 1 aromatic carbocycles. The molecule has 0 fully saturated rings. The second-order valence-electron chi connectivity index (χ2n) is 4.36. The topological polar surface area (TPSA) is 44.5 Å². The van der Waals surface area contributed by atoms with Crippen molar-refractivity contribution in [2.24, 2.45) is 5.73 Å². The molecule has 0 aliphatic carbocycles. The van der Waals surface area contributed by atoms with Crippen LogP contribution in [0, 0.1) is 0 Å². The standard InChI is InChI=1S/C12H12F5NO2/c13-11(14,12(15,16)17)10(18)7-2-3-8-9(6-7)20-5-1-4-19-8/h2-3,6,10H,1,4-5,18H2. The minimum Gasteiger partial charge on any atom is -0.490 e. The average molecular weight is 297 g/mol. The predicted octanol–water partition coefficient (Wildman–Crippen LogP) is 3.05. The smallest absolute Gasteiger partial charge is 0.455 e. The summed E-state index contributed by atoms with van der Waals surface area (Å²) in [5.74, 6) is -4.60. The zero-order valence-corrected chi connectivity index (χ0v) is 10.2. The highest BCUT2D eigenvalue weighted by Crippen LogP contribution is 2.44. The van der Waals surface area contributed by atoms with E-state index in [9.17, 15) is 22.0 Å². The lowest BCUT2D eigenvalue weighted by molar-refractivity contribution is -0.291. The van der Waals surface area contributed by atoms with E-state index >= 15 is 0 Å². The van der Waals surface area contributed by atoms with Crippen LogP contribution in [0.4, 0.5) is 22.0 Å². The first-order valence-electron chi connectivity index (χ1n) is 5.83. The maximum absolute atomic E-state index is 13.2. The van der Waals surface area contributed by atoms with E-state index in [1.54, 1.807) is 0 Å². The van der Waals surface area contributed by atoms with Gasteiger partial charge in [-0.1, -0.05) is 6.07 Å². The molecule has 1 aliphatic heterocycles. The van der Waals surface area contributed by atoms with E-state index in [1.165, 1.54) is 6.07 Å². The van der Waals surface area contributed by atoms with Gasteiger partial charge in [-0.2, -0.15) is 22.0 Å². The van der Waals surface area contributed by atoms with E-state index in [4.69, 9.17) is 15.2 Å². The number of nitrogens with two attached hydrogens (primary N) is 1. The molecule has 0 amide bonds. The van der Waals surface area contributed by atoms with Crippen molar-refractivity contribution in [3.63, 3.8) is 0 Å². The van der Waals surface area contributed by atoms with Crippen LogP contribution in [0.15, 0.2) is 18.2 Å². The van der Waals surface area contributed by atoms with Gasteiger partial charge in [0, 0.05) is 6.42 Å². The Kier molecular flexibility index (Phi) is 3.77. The van der Waals surface area contributed by atoms with Crippen molar-refractivity contribution in [3.05, 3.63) is 23.8 Å². The SMILES string of the molecule is NC(c1ccc2c(c1)OCCCO2)C(F)(F)C(F)(F)F. The molecule has 0 saturated heterocycles. The summed E-state index contributed by atoms with van der Waals surface area (Å²) in [4.78, 5) is 0. The second kappa shape index (κ2) is 5.08. The molecule has 0 aromatic heterocycles.